The molecule has 116 valence electrons. The summed E-state index contributed by atoms with van der Waals surface area (Å²) in [7, 11) is 3.26. The average molecular weight is 319 g/mol. The lowest BCUT2D eigenvalue weighted by atomic mass is 10.1. The van der Waals surface area contributed by atoms with E-state index >= 15 is 0 Å². The number of nitrogens with one attached hydrogen (secondary N) is 1. The van der Waals surface area contributed by atoms with E-state index in [9.17, 15) is 0 Å². The summed E-state index contributed by atoms with van der Waals surface area (Å²) in [5.74, 6) is 1.48. The molecule has 4 nitrogen and oxygen atoms in total. The van der Waals surface area contributed by atoms with Crippen LogP contribution < -0.4 is 14.9 Å². The van der Waals surface area contributed by atoms with Gasteiger partial charge in [0, 0.05) is 16.7 Å². The molecule has 0 amide bonds. The second kappa shape index (κ2) is 7.71. The molecule has 0 bridgehead atoms. The van der Waals surface area contributed by atoms with Crippen LogP contribution in [0.1, 0.15) is 18.1 Å². The van der Waals surface area contributed by atoms with Crippen LogP contribution in [-0.4, -0.2) is 19.9 Å². The van der Waals surface area contributed by atoms with Gasteiger partial charge in [0.15, 0.2) is 0 Å². The molecule has 1 N–H and O–H groups in total. The van der Waals surface area contributed by atoms with Gasteiger partial charge in [0.05, 0.1) is 26.5 Å². The summed E-state index contributed by atoms with van der Waals surface area (Å²) >= 11 is 5.86. The Labute approximate surface area is 135 Å². The van der Waals surface area contributed by atoms with Crippen LogP contribution in [-0.2, 0) is 6.54 Å². The molecule has 0 spiro atoms. The van der Waals surface area contributed by atoms with Gasteiger partial charge in [0.25, 0.3) is 0 Å². The highest BCUT2D eigenvalue weighted by Crippen LogP contribution is 2.25. The fourth-order valence-corrected chi connectivity index (χ4v) is 2.14. The lowest BCUT2D eigenvalue weighted by Crippen LogP contribution is -2.10. The molecule has 0 unspecified atom stereocenters. The summed E-state index contributed by atoms with van der Waals surface area (Å²) in [6.45, 7) is 2.56. The van der Waals surface area contributed by atoms with Crippen molar-refractivity contribution in [2.45, 2.75) is 13.5 Å². The summed E-state index contributed by atoms with van der Waals surface area (Å²) in [5.41, 5.74) is 5.94. The zero-order valence-electron chi connectivity index (χ0n) is 12.9. The average Bonchev–Trinajstić information content (AvgIpc) is 2.55. The van der Waals surface area contributed by atoms with Gasteiger partial charge in [-0.1, -0.05) is 23.7 Å². The number of ether oxygens (including phenoxy) is 2. The van der Waals surface area contributed by atoms with Crippen molar-refractivity contribution in [3.63, 3.8) is 0 Å². The fourth-order valence-electron chi connectivity index (χ4n) is 2.01. The van der Waals surface area contributed by atoms with Gasteiger partial charge < -0.3 is 14.9 Å². The van der Waals surface area contributed by atoms with Crippen molar-refractivity contribution in [3.05, 3.63) is 58.6 Å². The lowest BCUT2D eigenvalue weighted by Gasteiger charge is -2.10. The number of benzene rings is 2. The van der Waals surface area contributed by atoms with Gasteiger partial charge >= 0.3 is 0 Å². The van der Waals surface area contributed by atoms with E-state index in [0.29, 0.717) is 6.54 Å². The van der Waals surface area contributed by atoms with Gasteiger partial charge in [0.2, 0.25) is 0 Å². The summed E-state index contributed by atoms with van der Waals surface area (Å²) in [5, 5.41) is 5.12. The predicted molar refractivity (Wildman–Crippen MR) is 90.0 cm³/mol. The van der Waals surface area contributed by atoms with E-state index in [1.165, 1.54) is 0 Å². The van der Waals surface area contributed by atoms with Crippen LogP contribution >= 0.6 is 11.6 Å². The van der Waals surface area contributed by atoms with Crippen LogP contribution in [0.15, 0.2) is 47.6 Å². The maximum absolute atomic E-state index is 5.86. The first-order valence-electron chi connectivity index (χ1n) is 6.88. The molecule has 0 aromatic heterocycles. The van der Waals surface area contributed by atoms with Gasteiger partial charge in [-0.05, 0) is 36.8 Å². The van der Waals surface area contributed by atoms with E-state index in [0.717, 1.165) is 33.4 Å². The normalized spacial score (nSPS) is 11.2. The maximum atomic E-state index is 5.86. The van der Waals surface area contributed by atoms with Gasteiger partial charge in [0.1, 0.15) is 11.5 Å². The Morgan fingerprint density at radius 2 is 1.82 bits per heavy atom. The first kappa shape index (κ1) is 16.2. The summed E-state index contributed by atoms with van der Waals surface area (Å²) < 4.78 is 10.6. The van der Waals surface area contributed by atoms with Crippen LogP contribution in [0.5, 0.6) is 11.5 Å². The minimum absolute atomic E-state index is 0.632. The number of hydrazone groups is 1. The van der Waals surface area contributed by atoms with Crippen molar-refractivity contribution in [1.29, 1.82) is 0 Å². The largest absolute Gasteiger partial charge is 0.497 e. The van der Waals surface area contributed by atoms with Gasteiger partial charge in [-0.3, -0.25) is 0 Å². The summed E-state index contributed by atoms with van der Waals surface area (Å²) in [4.78, 5) is 0. The number of nitrogens with zero attached hydrogens (tertiary/aromatic N) is 1. The van der Waals surface area contributed by atoms with Crippen molar-refractivity contribution in [3.8, 4) is 11.5 Å². The van der Waals surface area contributed by atoms with E-state index in [1.807, 2.05) is 49.4 Å². The third-order valence-electron chi connectivity index (χ3n) is 3.24. The molecule has 0 saturated carbocycles. The molecular weight excluding hydrogens is 300 g/mol. The Morgan fingerprint density at radius 1 is 1.09 bits per heavy atom. The molecule has 22 heavy (non-hydrogen) atoms. The second-order valence-electron chi connectivity index (χ2n) is 4.72. The van der Waals surface area contributed by atoms with Crippen molar-refractivity contribution in [2.24, 2.45) is 5.10 Å². The van der Waals surface area contributed by atoms with Crippen molar-refractivity contribution in [1.82, 2.24) is 5.43 Å². The Balaban J connectivity index is 2.07. The number of rotatable bonds is 6. The molecule has 0 heterocycles. The summed E-state index contributed by atoms with van der Waals surface area (Å²) in [6, 6.07) is 13.3. The molecule has 2 aromatic carbocycles. The zero-order valence-corrected chi connectivity index (χ0v) is 13.6. The highest BCUT2D eigenvalue weighted by Gasteiger charge is 2.07. The third-order valence-corrected chi connectivity index (χ3v) is 3.49. The van der Waals surface area contributed by atoms with E-state index in [4.69, 9.17) is 21.1 Å². The second-order valence-corrected chi connectivity index (χ2v) is 5.16. The van der Waals surface area contributed by atoms with Crippen LogP contribution in [0.3, 0.4) is 0 Å². The molecule has 0 saturated heterocycles. The molecule has 0 aliphatic carbocycles. The lowest BCUT2D eigenvalue weighted by molar-refractivity contribution is 0.394. The Morgan fingerprint density at radius 3 is 2.45 bits per heavy atom. The first-order chi connectivity index (χ1) is 10.6. The molecule has 0 fully saturated rings. The molecule has 2 aromatic rings. The molecule has 0 aliphatic rings. The van der Waals surface area contributed by atoms with Gasteiger partial charge in [-0.2, -0.15) is 5.10 Å². The number of methoxy groups -OCH3 is 2. The Hall–Kier alpha value is -2.20. The van der Waals surface area contributed by atoms with Crippen LogP contribution in [0.2, 0.25) is 5.02 Å². The zero-order chi connectivity index (χ0) is 15.9. The van der Waals surface area contributed by atoms with Crippen molar-refractivity contribution in [2.75, 3.05) is 14.2 Å². The SMILES string of the molecule is COc1ccc(/C(C)=N\NCc2ccc(Cl)cc2)c(OC)c1. The molecular formula is C17H19ClN2O2. The molecule has 5 heteroatoms. The van der Waals surface area contributed by atoms with Crippen LogP contribution in [0.4, 0.5) is 0 Å². The molecule has 0 radical (unpaired) electrons. The van der Waals surface area contributed by atoms with Gasteiger partial charge in [-0.15, -0.1) is 0 Å². The third kappa shape index (κ3) is 4.15. The van der Waals surface area contributed by atoms with Crippen LogP contribution in [0.25, 0.3) is 0 Å². The van der Waals surface area contributed by atoms with Crippen LogP contribution in [0, 0.1) is 0 Å². The fraction of sp³-hybridized carbons (Fsp3) is 0.235. The van der Waals surface area contributed by atoms with Crippen molar-refractivity contribution < 1.29 is 9.47 Å². The highest BCUT2D eigenvalue weighted by molar-refractivity contribution is 6.30. The first-order valence-corrected chi connectivity index (χ1v) is 7.26. The van der Waals surface area contributed by atoms with E-state index < -0.39 is 0 Å². The molecule has 0 aliphatic heterocycles. The molecule has 2 rings (SSSR count). The van der Waals surface area contributed by atoms with E-state index in [2.05, 4.69) is 10.5 Å². The maximum Gasteiger partial charge on any atom is 0.131 e. The quantitative estimate of drug-likeness (QED) is 0.649. The number of hydrogen-bond donors (Lipinski definition) is 1. The topological polar surface area (TPSA) is 42.8 Å². The minimum atomic E-state index is 0.632. The standard InChI is InChI=1S/C17H19ClN2O2/c1-12(16-9-8-15(21-2)10-17(16)22-3)20-19-11-13-4-6-14(18)7-5-13/h4-10,19H,11H2,1-3H3/b20-12-. The smallest absolute Gasteiger partial charge is 0.131 e. The highest BCUT2D eigenvalue weighted by atomic mass is 35.5. The minimum Gasteiger partial charge on any atom is -0.497 e. The van der Waals surface area contributed by atoms with E-state index in [1.54, 1.807) is 14.2 Å². The number of hydrogen-bond acceptors (Lipinski definition) is 4. The van der Waals surface area contributed by atoms with Gasteiger partial charge in [-0.25, -0.2) is 0 Å². The monoisotopic (exact) mass is 318 g/mol. The van der Waals surface area contributed by atoms with Crippen molar-refractivity contribution >= 4 is 17.3 Å². The van der Waals surface area contributed by atoms with E-state index in [-0.39, 0.29) is 0 Å². The Kier molecular flexibility index (Phi) is 5.67. The predicted octanol–water partition coefficient (Wildman–Crippen LogP) is 3.87. The Bertz CT molecular complexity index is 654. The number of halogens is 1. The summed E-state index contributed by atoms with van der Waals surface area (Å²) in [6.07, 6.45) is 0. The molecule has 0 atom stereocenters.